The molecule has 0 bridgehead atoms. The van der Waals surface area contributed by atoms with Crippen LogP contribution in [0.15, 0.2) is 29.6 Å². The fourth-order valence-corrected chi connectivity index (χ4v) is 3.13. The molecule has 1 aromatic carbocycles. The maximum atomic E-state index is 2.32. The molecule has 3 heteroatoms. The van der Waals surface area contributed by atoms with Gasteiger partial charge in [0.25, 0.3) is 5.01 Å². The van der Waals surface area contributed by atoms with Crippen LogP contribution in [0.1, 0.15) is 19.0 Å². The zero-order valence-electron chi connectivity index (χ0n) is 11.6. The van der Waals surface area contributed by atoms with Crippen molar-refractivity contribution in [2.24, 2.45) is 7.05 Å². The SMILES string of the molecule is CCCc1csc(-c2ccc(N(C)C)cc2)[n+]1C. The minimum atomic E-state index is 1.16. The lowest BCUT2D eigenvalue weighted by Crippen LogP contribution is -2.32. The van der Waals surface area contributed by atoms with Crippen LogP contribution >= 0.6 is 11.3 Å². The van der Waals surface area contributed by atoms with Crippen LogP contribution in [-0.4, -0.2) is 14.1 Å². The van der Waals surface area contributed by atoms with E-state index in [-0.39, 0.29) is 0 Å². The topological polar surface area (TPSA) is 7.12 Å². The number of thiazole rings is 1. The Balaban J connectivity index is 2.31. The van der Waals surface area contributed by atoms with E-state index in [9.17, 15) is 0 Å². The molecule has 0 spiro atoms. The fraction of sp³-hybridized carbons (Fsp3) is 0.400. The summed E-state index contributed by atoms with van der Waals surface area (Å²) in [6.07, 6.45) is 2.35. The van der Waals surface area contributed by atoms with Gasteiger partial charge in [0.05, 0.1) is 10.9 Å². The summed E-state index contributed by atoms with van der Waals surface area (Å²) in [6, 6.07) is 8.76. The van der Waals surface area contributed by atoms with E-state index in [1.54, 1.807) is 0 Å². The lowest BCUT2D eigenvalue weighted by Gasteiger charge is -2.11. The van der Waals surface area contributed by atoms with Crippen molar-refractivity contribution in [2.45, 2.75) is 19.8 Å². The van der Waals surface area contributed by atoms with Gasteiger partial charge in [-0.2, -0.15) is 4.57 Å². The van der Waals surface area contributed by atoms with Gasteiger partial charge in [-0.1, -0.05) is 18.3 Å². The largest absolute Gasteiger partial charge is 0.378 e. The Hall–Kier alpha value is -1.35. The van der Waals surface area contributed by atoms with Gasteiger partial charge >= 0.3 is 0 Å². The monoisotopic (exact) mass is 261 g/mol. The van der Waals surface area contributed by atoms with Crippen molar-refractivity contribution in [3.63, 3.8) is 0 Å². The van der Waals surface area contributed by atoms with Crippen molar-refractivity contribution >= 4 is 17.0 Å². The minimum absolute atomic E-state index is 1.16. The van der Waals surface area contributed by atoms with E-state index in [0.717, 1.165) is 6.42 Å². The third kappa shape index (κ3) is 2.56. The first-order chi connectivity index (χ1) is 8.63. The number of rotatable bonds is 4. The number of aromatic nitrogens is 1. The Morgan fingerprint density at radius 3 is 2.39 bits per heavy atom. The Labute approximate surface area is 114 Å². The molecule has 0 aliphatic heterocycles. The number of aryl methyl sites for hydroxylation is 1. The molecule has 0 radical (unpaired) electrons. The molecule has 2 rings (SSSR count). The van der Waals surface area contributed by atoms with Gasteiger partial charge in [-0.3, -0.25) is 0 Å². The molecule has 0 atom stereocenters. The molecule has 2 aromatic rings. The fourth-order valence-electron chi connectivity index (χ4n) is 2.06. The highest BCUT2D eigenvalue weighted by molar-refractivity contribution is 7.12. The predicted molar refractivity (Wildman–Crippen MR) is 79.3 cm³/mol. The van der Waals surface area contributed by atoms with Crippen molar-refractivity contribution in [2.75, 3.05) is 19.0 Å². The van der Waals surface area contributed by atoms with Crippen LogP contribution in [0.3, 0.4) is 0 Å². The molecule has 96 valence electrons. The van der Waals surface area contributed by atoms with Crippen molar-refractivity contribution in [3.05, 3.63) is 35.3 Å². The summed E-state index contributed by atoms with van der Waals surface area (Å²) in [5, 5.41) is 3.61. The Morgan fingerprint density at radius 1 is 1.17 bits per heavy atom. The van der Waals surface area contributed by atoms with Crippen LogP contribution in [0.25, 0.3) is 10.6 Å². The van der Waals surface area contributed by atoms with E-state index in [2.05, 4.69) is 67.2 Å². The first kappa shape index (κ1) is 13.1. The second kappa shape index (κ2) is 5.53. The Bertz CT molecular complexity index is 512. The summed E-state index contributed by atoms with van der Waals surface area (Å²) in [5.74, 6) is 0. The molecule has 0 aliphatic carbocycles. The lowest BCUT2D eigenvalue weighted by molar-refractivity contribution is -0.663. The first-order valence-electron chi connectivity index (χ1n) is 6.37. The second-order valence-electron chi connectivity index (χ2n) is 4.78. The van der Waals surface area contributed by atoms with Gasteiger partial charge in [0, 0.05) is 26.2 Å². The zero-order valence-corrected chi connectivity index (χ0v) is 12.4. The van der Waals surface area contributed by atoms with E-state index < -0.39 is 0 Å². The van der Waals surface area contributed by atoms with Gasteiger partial charge in [0.1, 0.15) is 7.05 Å². The van der Waals surface area contributed by atoms with Crippen LogP contribution in [0.2, 0.25) is 0 Å². The predicted octanol–water partition coefficient (Wildman–Crippen LogP) is 3.26. The second-order valence-corrected chi connectivity index (χ2v) is 5.64. The number of hydrogen-bond donors (Lipinski definition) is 0. The Morgan fingerprint density at radius 2 is 1.83 bits per heavy atom. The van der Waals surface area contributed by atoms with Crippen molar-refractivity contribution in [3.8, 4) is 10.6 Å². The summed E-state index contributed by atoms with van der Waals surface area (Å²) in [4.78, 5) is 2.13. The molecular formula is C15H21N2S+. The van der Waals surface area contributed by atoms with Crippen LogP contribution in [0.5, 0.6) is 0 Å². The molecule has 1 heterocycles. The molecule has 18 heavy (non-hydrogen) atoms. The van der Waals surface area contributed by atoms with Crippen LogP contribution in [0.4, 0.5) is 5.69 Å². The zero-order chi connectivity index (χ0) is 13.1. The molecule has 2 nitrogen and oxygen atoms in total. The van der Waals surface area contributed by atoms with Gasteiger partial charge in [0.15, 0.2) is 5.69 Å². The number of benzene rings is 1. The lowest BCUT2D eigenvalue weighted by atomic mass is 10.2. The normalized spacial score (nSPS) is 10.7. The quantitative estimate of drug-likeness (QED) is 0.766. The van der Waals surface area contributed by atoms with E-state index in [4.69, 9.17) is 0 Å². The summed E-state index contributed by atoms with van der Waals surface area (Å²) < 4.78 is 2.32. The van der Waals surface area contributed by atoms with Gasteiger partial charge in [0.2, 0.25) is 0 Å². The third-order valence-electron chi connectivity index (χ3n) is 3.18. The number of hydrogen-bond acceptors (Lipinski definition) is 2. The average Bonchev–Trinajstić information content (AvgIpc) is 2.72. The molecule has 0 N–H and O–H groups in total. The maximum Gasteiger partial charge on any atom is 0.268 e. The summed E-state index contributed by atoms with van der Waals surface area (Å²) in [6.45, 7) is 2.23. The highest BCUT2D eigenvalue weighted by Gasteiger charge is 2.17. The highest BCUT2D eigenvalue weighted by Crippen LogP contribution is 2.24. The molecular weight excluding hydrogens is 240 g/mol. The van der Waals surface area contributed by atoms with Crippen LogP contribution < -0.4 is 9.47 Å². The number of anilines is 1. The standard InChI is InChI=1S/C15H21N2S/c1-5-6-14-11-18-15(17(14)4)12-7-9-13(10-8-12)16(2)3/h7-11H,5-6H2,1-4H3/q+1. The van der Waals surface area contributed by atoms with Crippen molar-refractivity contribution in [1.29, 1.82) is 0 Å². The van der Waals surface area contributed by atoms with Crippen molar-refractivity contribution in [1.82, 2.24) is 0 Å². The molecule has 0 fully saturated rings. The van der Waals surface area contributed by atoms with Gasteiger partial charge in [-0.05, 0) is 30.7 Å². The molecule has 0 unspecified atom stereocenters. The Kier molecular flexibility index (Phi) is 4.02. The summed E-state index contributed by atoms with van der Waals surface area (Å²) >= 11 is 1.83. The summed E-state index contributed by atoms with van der Waals surface area (Å²) in [5.41, 5.74) is 3.97. The van der Waals surface area contributed by atoms with E-state index in [1.165, 1.54) is 28.4 Å². The van der Waals surface area contributed by atoms with Crippen LogP contribution in [-0.2, 0) is 13.5 Å². The molecule has 1 aromatic heterocycles. The van der Waals surface area contributed by atoms with Gasteiger partial charge in [-0.25, -0.2) is 0 Å². The van der Waals surface area contributed by atoms with E-state index in [0.29, 0.717) is 0 Å². The first-order valence-corrected chi connectivity index (χ1v) is 7.25. The maximum absolute atomic E-state index is 2.32. The highest BCUT2D eigenvalue weighted by atomic mass is 32.1. The molecule has 0 amide bonds. The smallest absolute Gasteiger partial charge is 0.268 e. The van der Waals surface area contributed by atoms with Gasteiger partial charge in [-0.15, -0.1) is 0 Å². The third-order valence-corrected chi connectivity index (χ3v) is 4.30. The average molecular weight is 261 g/mol. The minimum Gasteiger partial charge on any atom is -0.378 e. The number of nitrogens with zero attached hydrogens (tertiary/aromatic N) is 2. The molecule has 0 saturated heterocycles. The van der Waals surface area contributed by atoms with Gasteiger partial charge < -0.3 is 4.90 Å². The van der Waals surface area contributed by atoms with E-state index in [1.807, 2.05) is 11.3 Å². The van der Waals surface area contributed by atoms with Crippen molar-refractivity contribution < 1.29 is 4.57 Å². The molecule has 0 saturated carbocycles. The van der Waals surface area contributed by atoms with Crippen LogP contribution in [0, 0.1) is 0 Å². The van der Waals surface area contributed by atoms with E-state index >= 15 is 0 Å². The molecule has 0 aliphatic rings. The summed E-state index contributed by atoms with van der Waals surface area (Å²) in [7, 11) is 6.30.